The summed E-state index contributed by atoms with van der Waals surface area (Å²) in [5, 5.41) is 3.40. The first-order chi connectivity index (χ1) is 8.74. The molecule has 1 aliphatic heterocycles. The van der Waals surface area contributed by atoms with Crippen molar-refractivity contribution in [3.05, 3.63) is 0 Å². The van der Waals surface area contributed by atoms with Crippen LogP contribution in [0.2, 0.25) is 0 Å². The van der Waals surface area contributed by atoms with Gasteiger partial charge in [-0.05, 0) is 56.4 Å². The summed E-state index contributed by atoms with van der Waals surface area (Å²) in [4.78, 5) is 14.4. The number of carbonyl (C=O) groups excluding carboxylic acids is 1. The number of hydrogen-bond acceptors (Lipinski definition) is 2. The van der Waals surface area contributed by atoms with E-state index in [0.29, 0.717) is 17.9 Å². The molecule has 3 aliphatic rings. The van der Waals surface area contributed by atoms with E-state index in [2.05, 4.69) is 5.32 Å². The third-order valence-corrected chi connectivity index (χ3v) is 5.53. The Morgan fingerprint density at radius 1 is 1.28 bits per heavy atom. The minimum atomic E-state index is 0.390. The fourth-order valence-electron chi connectivity index (χ4n) is 4.36. The van der Waals surface area contributed by atoms with E-state index >= 15 is 0 Å². The largest absolute Gasteiger partial charge is 0.341 e. The minimum Gasteiger partial charge on any atom is -0.341 e. The molecule has 3 heteroatoms. The van der Waals surface area contributed by atoms with Gasteiger partial charge in [-0.1, -0.05) is 6.42 Å². The lowest BCUT2D eigenvalue weighted by atomic mass is 9.86. The van der Waals surface area contributed by atoms with Gasteiger partial charge in [0.1, 0.15) is 0 Å². The smallest absolute Gasteiger partial charge is 0.222 e. The Kier molecular flexibility index (Phi) is 3.60. The molecule has 1 N–H and O–H groups in total. The van der Waals surface area contributed by atoms with Crippen molar-refractivity contribution in [3.63, 3.8) is 0 Å². The van der Waals surface area contributed by atoms with Crippen LogP contribution < -0.4 is 5.32 Å². The van der Waals surface area contributed by atoms with Gasteiger partial charge in [0, 0.05) is 26.1 Å². The van der Waals surface area contributed by atoms with Crippen LogP contribution in [0.3, 0.4) is 0 Å². The molecule has 0 aromatic rings. The molecule has 1 amide bonds. The first kappa shape index (κ1) is 12.5. The molecular formula is C15H26N2O. The summed E-state index contributed by atoms with van der Waals surface area (Å²) in [7, 11) is 2.01. The van der Waals surface area contributed by atoms with Crippen LogP contribution in [0.4, 0.5) is 0 Å². The lowest BCUT2D eigenvalue weighted by molar-refractivity contribution is -0.133. The summed E-state index contributed by atoms with van der Waals surface area (Å²) in [6, 6.07) is 0.435. The molecular weight excluding hydrogens is 224 g/mol. The van der Waals surface area contributed by atoms with Gasteiger partial charge in [-0.25, -0.2) is 0 Å². The molecule has 0 radical (unpaired) electrons. The van der Waals surface area contributed by atoms with E-state index in [1.165, 1.54) is 38.5 Å². The van der Waals surface area contributed by atoms with Crippen molar-refractivity contribution in [1.82, 2.24) is 10.2 Å². The number of amides is 1. The maximum Gasteiger partial charge on any atom is 0.222 e. The highest BCUT2D eigenvalue weighted by atomic mass is 16.2. The van der Waals surface area contributed by atoms with Crippen LogP contribution in [-0.4, -0.2) is 37.0 Å². The van der Waals surface area contributed by atoms with Crippen LogP contribution in [0, 0.1) is 17.8 Å². The number of likely N-dealkylation sites (N-methyl/N-ethyl adjacent to an activating group) is 1. The van der Waals surface area contributed by atoms with Gasteiger partial charge in [0.25, 0.3) is 0 Å². The predicted molar refractivity (Wildman–Crippen MR) is 72.2 cm³/mol. The molecule has 1 heterocycles. The molecule has 3 nitrogen and oxygen atoms in total. The number of carbonyl (C=O) groups is 1. The lowest BCUT2D eigenvalue weighted by Gasteiger charge is -2.33. The van der Waals surface area contributed by atoms with Gasteiger partial charge in [0.2, 0.25) is 5.91 Å². The maximum absolute atomic E-state index is 12.4. The molecule has 102 valence electrons. The van der Waals surface area contributed by atoms with E-state index in [1.54, 1.807) is 0 Å². The van der Waals surface area contributed by atoms with E-state index < -0.39 is 0 Å². The summed E-state index contributed by atoms with van der Waals surface area (Å²) in [6.07, 6.45) is 8.74. The number of nitrogens with zero attached hydrogens (tertiary/aromatic N) is 1. The molecule has 18 heavy (non-hydrogen) atoms. The van der Waals surface area contributed by atoms with E-state index in [9.17, 15) is 4.79 Å². The zero-order chi connectivity index (χ0) is 12.5. The number of fused-ring (bicyclic) bond motifs is 2. The summed E-state index contributed by atoms with van der Waals surface area (Å²) in [6.45, 7) is 2.10. The van der Waals surface area contributed by atoms with Crippen LogP contribution in [0.25, 0.3) is 0 Å². The molecule has 4 atom stereocenters. The Labute approximate surface area is 110 Å². The van der Waals surface area contributed by atoms with Crippen molar-refractivity contribution in [3.8, 4) is 0 Å². The average molecular weight is 250 g/mol. The van der Waals surface area contributed by atoms with Gasteiger partial charge in [0.05, 0.1) is 0 Å². The van der Waals surface area contributed by atoms with Crippen molar-refractivity contribution < 1.29 is 4.79 Å². The third kappa shape index (κ3) is 2.42. The quantitative estimate of drug-likeness (QED) is 0.831. The average Bonchev–Trinajstić information content (AvgIpc) is 3.01. The summed E-state index contributed by atoms with van der Waals surface area (Å²) >= 11 is 0. The minimum absolute atomic E-state index is 0.390. The van der Waals surface area contributed by atoms with Gasteiger partial charge < -0.3 is 10.2 Å². The van der Waals surface area contributed by atoms with Crippen LogP contribution in [0.15, 0.2) is 0 Å². The topological polar surface area (TPSA) is 32.3 Å². The van der Waals surface area contributed by atoms with Gasteiger partial charge in [-0.15, -0.1) is 0 Å². The Balaban J connectivity index is 1.51. The van der Waals surface area contributed by atoms with Crippen LogP contribution in [0.1, 0.15) is 44.9 Å². The Bertz CT molecular complexity index is 312. The van der Waals surface area contributed by atoms with E-state index in [1.807, 2.05) is 11.9 Å². The molecule has 3 fully saturated rings. The molecule has 2 saturated carbocycles. The molecule has 2 aliphatic carbocycles. The van der Waals surface area contributed by atoms with Crippen molar-refractivity contribution in [2.24, 2.45) is 17.8 Å². The first-order valence-electron chi connectivity index (χ1n) is 7.70. The number of piperidine rings is 1. The fourth-order valence-corrected chi connectivity index (χ4v) is 4.36. The van der Waals surface area contributed by atoms with E-state index in [0.717, 1.165) is 31.3 Å². The van der Waals surface area contributed by atoms with Gasteiger partial charge in [0.15, 0.2) is 0 Å². The molecule has 0 aromatic heterocycles. The predicted octanol–water partition coefficient (Wildman–Crippen LogP) is 2.02. The van der Waals surface area contributed by atoms with Crippen molar-refractivity contribution in [2.75, 3.05) is 20.1 Å². The van der Waals surface area contributed by atoms with Crippen molar-refractivity contribution in [2.45, 2.75) is 51.0 Å². The number of rotatable bonds is 3. The Morgan fingerprint density at radius 2 is 2.17 bits per heavy atom. The number of nitrogens with one attached hydrogen (secondary N) is 1. The van der Waals surface area contributed by atoms with Gasteiger partial charge in [-0.2, -0.15) is 0 Å². The van der Waals surface area contributed by atoms with Crippen LogP contribution in [-0.2, 0) is 4.79 Å². The highest BCUT2D eigenvalue weighted by molar-refractivity contribution is 5.76. The fraction of sp³-hybridized carbons (Fsp3) is 0.933. The third-order valence-electron chi connectivity index (χ3n) is 5.53. The van der Waals surface area contributed by atoms with Crippen molar-refractivity contribution >= 4 is 5.91 Å². The summed E-state index contributed by atoms with van der Waals surface area (Å²) < 4.78 is 0. The lowest BCUT2D eigenvalue weighted by Crippen LogP contribution is -2.47. The molecule has 1 saturated heterocycles. The Hall–Kier alpha value is -0.570. The zero-order valence-corrected chi connectivity index (χ0v) is 11.5. The SMILES string of the molecule is CN(C(=O)CC1CC2CCC1C2)C1CCCNC1. The van der Waals surface area contributed by atoms with Crippen LogP contribution in [0.5, 0.6) is 0 Å². The standard InChI is InChI=1S/C15H26N2O/c1-17(14-3-2-6-16-10-14)15(18)9-13-8-11-4-5-12(13)7-11/h11-14,16H,2-10H2,1H3. The molecule has 0 spiro atoms. The highest BCUT2D eigenvalue weighted by Gasteiger charge is 2.40. The second-order valence-corrected chi connectivity index (χ2v) is 6.64. The maximum atomic E-state index is 12.4. The van der Waals surface area contributed by atoms with Crippen molar-refractivity contribution in [1.29, 1.82) is 0 Å². The highest BCUT2D eigenvalue weighted by Crippen LogP contribution is 2.49. The summed E-state index contributed by atoms with van der Waals surface area (Å²) in [5.74, 6) is 2.92. The van der Waals surface area contributed by atoms with E-state index in [4.69, 9.17) is 0 Å². The first-order valence-corrected chi connectivity index (χ1v) is 7.70. The van der Waals surface area contributed by atoms with E-state index in [-0.39, 0.29) is 0 Å². The molecule has 3 rings (SSSR count). The van der Waals surface area contributed by atoms with Gasteiger partial charge in [-0.3, -0.25) is 4.79 Å². The van der Waals surface area contributed by atoms with Gasteiger partial charge >= 0.3 is 0 Å². The molecule has 0 aromatic carbocycles. The molecule has 4 unspecified atom stereocenters. The molecule has 2 bridgehead atoms. The Morgan fingerprint density at radius 3 is 2.78 bits per heavy atom. The van der Waals surface area contributed by atoms with Crippen LogP contribution >= 0.6 is 0 Å². The number of hydrogen-bond donors (Lipinski definition) is 1. The normalized spacial score (nSPS) is 38.9. The second kappa shape index (κ2) is 5.20. The second-order valence-electron chi connectivity index (χ2n) is 6.64. The zero-order valence-electron chi connectivity index (χ0n) is 11.5. The summed E-state index contributed by atoms with van der Waals surface area (Å²) in [5.41, 5.74) is 0. The monoisotopic (exact) mass is 250 g/mol.